The Bertz CT molecular complexity index is 1130. The van der Waals surface area contributed by atoms with Gasteiger partial charge in [0.05, 0.1) is 11.5 Å². The molecule has 0 saturated carbocycles. The van der Waals surface area contributed by atoms with E-state index in [1.54, 1.807) is 13.1 Å². The van der Waals surface area contributed by atoms with Gasteiger partial charge in [-0.1, -0.05) is 59.8 Å². The van der Waals surface area contributed by atoms with Crippen LogP contribution in [0.1, 0.15) is 37.1 Å². The van der Waals surface area contributed by atoms with E-state index < -0.39 is 5.41 Å². The third-order valence-corrected chi connectivity index (χ3v) is 6.40. The predicted molar refractivity (Wildman–Crippen MR) is 118 cm³/mol. The average molecular weight is 431 g/mol. The molecule has 2 heterocycles. The highest BCUT2D eigenvalue weighted by Gasteiger charge is 2.53. The molecule has 2 aromatic carbocycles. The van der Waals surface area contributed by atoms with Crippen molar-refractivity contribution in [1.29, 1.82) is 0 Å². The van der Waals surface area contributed by atoms with Crippen molar-refractivity contribution in [2.45, 2.75) is 31.2 Å². The van der Waals surface area contributed by atoms with Crippen molar-refractivity contribution < 1.29 is 18.9 Å². The van der Waals surface area contributed by atoms with Crippen LogP contribution in [0.15, 0.2) is 71.4 Å². The fraction of sp³-hybridized carbons (Fsp3) is 0.280. The Kier molecular flexibility index (Phi) is 5.65. The molecule has 4 rings (SSSR count). The van der Waals surface area contributed by atoms with Crippen LogP contribution >= 0.6 is 0 Å². The number of benzene rings is 2. The molecule has 0 N–H and O–H groups in total. The Balaban J connectivity index is 1.66. The number of aromatic nitrogens is 1. The van der Waals surface area contributed by atoms with Crippen molar-refractivity contribution in [3.63, 3.8) is 0 Å². The van der Waals surface area contributed by atoms with Crippen LogP contribution < -0.4 is 0 Å². The second kappa shape index (κ2) is 8.42. The predicted octanol–water partition coefficient (Wildman–Crippen LogP) is 3.58. The first-order valence-corrected chi connectivity index (χ1v) is 10.5. The fourth-order valence-electron chi connectivity index (χ4n) is 4.20. The van der Waals surface area contributed by atoms with Crippen molar-refractivity contribution >= 4 is 17.7 Å². The van der Waals surface area contributed by atoms with Crippen LogP contribution in [0.4, 0.5) is 0 Å². The molecule has 0 spiro atoms. The Morgan fingerprint density at radius 1 is 1.09 bits per heavy atom. The van der Waals surface area contributed by atoms with E-state index in [1.807, 2.05) is 61.5 Å². The van der Waals surface area contributed by atoms with Crippen LogP contribution in [0.5, 0.6) is 0 Å². The van der Waals surface area contributed by atoms with Crippen LogP contribution in [-0.4, -0.2) is 46.8 Å². The lowest BCUT2D eigenvalue weighted by Crippen LogP contribution is -2.42. The van der Waals surface area contributed by atoms with E-state index in [9.17, 15) is 14.4 Å². The van der Waals surface area contributed by atoms with E-state index in [1.165, 1.54) is 18.2 Å². The number of amides is 3. The maximum absolute atomic E-state index is 13.3. The summed E-state index contributed by atoms with van der Waals surface area (Å²) >= 11 is 0. The second-order valence-corrected chi connectivity index (χ2v) is 8.24. The highest BCUT2D eigenvalue weighted by Crippen LogP contribution is 2.41. The molecule has 3 amide bonds. The van der Waals surface area contributed by atoms with E-state index in [4.69, 9.17) is 4.52 Å². The van der Waals surface area contributed by atoms with Gasteiger partial charge in [0.15, 0.2) is 0 Å². The molecule has 0 radical (unpaired) electrons. The van der Waals surface area contributed by atoms with Crippen molar-refractivity contribution in [2.75, 3.05) is 14.1 Å². The Labute approximate surface area is 186 Å². The maximum Gasteiger partial charge on any atom is 0.240 e. The summed E-state index contributed by atoms with van der Waals surface area (Å²) in [4.78, 5) is 41.7. The van der Waals surface area contributed by atoms with Crippen LogP contribution in [0.3, 0.4) is 0 Å². The van der Waals surface area contributed by atoms with Gasteiger partial charge < -0.3 is 9.42 Å². The molecule has 1 aliphatic rings. The number of carbonyl (C=O) groups excluding carboxylic acids is 3. The normalized spacial score (nSPS) is 19.3. The number of nitrogens with zero attached hydrogens (tertiary/aromatic N) is 3. The number of rotatable bonds is 6. The van der Waals surface area contributed by atoms with Crippen molar-refractivity contribution in [2.24, 2.45) is 0 Å². The van der Waals surface area contributed by atoms with Gasteiger partial charge in [-0.15, -0.1) is 0 Å². The van der Waals surface area contributed by atoms with Gasteiger partial charge >= 0.3 is 0 Å². The molecule has 2 unspecified atom stereocenters. The van der Waals surface area contributed by atoms with Crippen LogP contribution in [0.25, 0.3) is 11.1 Å². The molecule has 7 nitrogen and oxygen atoms in total. The molecule has 164 valence electrons. The van der Waals surface area contributed by atoms with Gasteiger partial charge in [0.25, 0.3) is 0 Å². The lowest BCUT2D eigenvalue weighted by molar-refractivity contribution is -0.141. The van der Waals surface area contributed by atoms with Gasteiger partial charge in [-0.25, -0.2) is 0 Å². The van der Waals surface area contributed by atoms with Gasteiger partial charge in [-0.05, 0) is 23.6 Å². The summed E-state index contributed by atoms with van der Waals surface area (Å²) in [7, 11) is 3.13. The summed E-state index contributed by atoms with van der Waals surface area (Å²) in [6, 6.07) is 18.8. The molecular weight excluding hydrogens is 406 g/mol. The minimum atomic E-state index is -1.23. The number of likely N-dealkylation sites (tertiary alicyclic amines) is 1. The van der Waals surface area contributed by atoms with Crippen LogP contribution in [0, 0.1) is 0 Å². The van der Waals surface area contributed by atoms with Gasteiger partial charge in [-0.3, -0.25) is 19.3 Å². The smallest absolute Gasteiger partial charge is 0.240 e. The molecule has 0 aliphatic carbocycles. The second-order valence-electron chi connectivity index (χ2n) is 8.24. The zero-order valence-corrected chi connectivity index (χ0v) is 18.3. The number of hydrogen-bond donors (Lipinski definition) is 0. The first-order valence-electron chi connectivity index (χ1n) is 10.5. The van der Waals surface area contributed by atoms with Crippen LogP contribution in [0.2, 0.25) is 0 Å². The standard InChI is InChI=1S/C25H25N3O4/c1-17(21-13-14-32-26-21)27(2)22(29)15-25(16-23(30)28(3)24(25)31)20-11-9-19(10-12-20)18-7-5-4-6-8-18/h4-14,17H,15-16H2,1-3H3. The molecule has 7 heteroatoms. The topological polar surface area (TPSA) is 83.7 Å². The van der Waals surface area contributed by atoms with E-state index in [-0.39, 0.29) is 36.6 Å². The summed E-state index contributed by atoms with van der Waals surface area (Å²) in [6.45, 7) is 1.84. The van der Waals surface area contributed by atoms with Gasteiger partial charge in [0.1, 0.15) is 12.0 Å². The van der Waals surface area contributed by atoms with Crippen molar-refractivity contribution in [3.8, 4) is 11.1 Å². The molecule has 1 aromatic heterocycles. The minimum absolute atomic E-state index is 0.0368. The summed E-state index contributed by atoms with van der Waals surface area (Å²) in [5, 5.41) is 3.91. The SMILES string of the molecule is CC(c1ccon1)N(C)C(=O)CC1(c2ccc(-c3ccccc3)cc2)CC(=O)N(C)C1=O. The average Bonchev–Trinajstić information content (AvgIpc) is 3.43. The lowest BCUT2D eigenvalue weighted by Gasteiger charge is -2.30. The summed E-state index contributed by atoms with van der Waals surface area (Å²) < 4.78 is 4.89. The highest BCUT2D eigenvalue weighted by molar-refractivity contribution is 6.10. The summed E-state index contributed by atoms with van der Waals surface area (Å²) in [6.07, 6.45) is 1.31. The molecule has 32 heavy (non-hydrogen) atoms. The number of likely N-dealkylation sites (N-methyl/N-ethyl adjacent to an activating group) is 1. The quantitative estimate of drug-likeness (QED) is 0.557. The number of hydrogen-bond acceptors (Lipinski definition) is 5. The summed E-state index contributed by atoms with van der Waals surface area (Å²) in [5.41, 5.74) is 2.11. The Hall–Kier alpha value is -3.74. The molecular formula is C25H25N3O4. The summed E-state index contributed by atoms with van der Waals surface area (Å²) in [5.74, 6) is -0.892. The highest BCUT2D eigenvalue weighted by atomic mass is 16.5. The zero-order valence-electron chi connectivity index (χ0n) is 18.3. The monoisotopic (exact) mass is 431 g/mol. The largest absolute Gasteiger partial charge is 0.364 e. The van der Waals surface area contributed by atoms with E-state index >= 15 is 0 Å². The van der Waals surface area contributed by atoms with Gasteiger partial charge in [-0.2, -0.15) is 0 Å². The molecule has 0 bridgehead atoms. The first kappa shape index (κ1) is 21.5. The molecule has 1 fully saturated rings. The third-order valence-electron chi connectivity index (χ3n) is 6.40. The van der Waals surface area contributed by atoms with Crippen LogP contribution in [-0.2, 0) is 19.8 Å². The van der Waals surface area contributed by atoms with Crippen molar-refractivity contribution in [1.82, 2.24) is 15.0 Å². The first-order chi connectivity index (χ1) is 15.3. The van der Waals surface area contributed by atoms with E-state index in [2.05, 4.69) is 5.16 Å². The number of carbonyl (C=O) groups is 3. The molecule has 3 aromatic rings. The van der Waals surface area contributed by atoms with Gasteiger partial charge in [0.2, 0.25) is 17.7 Å². The van der Waals surface area contributed by atoms with E-state index in [0.29, 0.717) is 11.3 Å². The van der Waals surface area contributed by atoms with Gasteiger partial charge in [0, 0.05) is 33.0 Å². The fourth-order valence-corrected chi connectivity index (χ4v) is 4.20. The zero-order chi connectivity index (χ0) is 22.9. The third kappa shape index (κ3) is 3.70. The Morgan fingerprint density at radius 3 is 2.31 bits per heavy atom. The molecule has 1 saturated heterocycles. The van der Waals surface area contributed by atoms with Crippen molar-refractivity contribution in [3.05, 3.63) is 78.2 Å². The minimum Gasteiger partial charge on any atom is -0.364 e. The maximum atomic E-state index is 13.3. The molecule has 1 aliphatic heterocycles. The van der Waals surface area contributed by atoms with E-state index in [0.717, 1.165) is 16.0 Å². The number of imide groups is 1. The Morgan fingerprint density at radius 2 is 1.75 bits per heavy atom. The molecule has 2 atom stereocenters. The lowest BCUT2D eigenvalue weighted by atomic mass is 9.75.